The number of carbonyl (C=O) groups excluding carboxylic acids is 1. The van der Waals surface area contributed by atoms with Gasteiger partial charge in [-0.05, 0) is 60.9 Å². The zero-order valence-electron chi connectivity index (χ0n) is 15.5. The number of aliphatic hydroxyl groups is 1. The Labute approximate surface area is 171 Å². The fourth-order valence-corrected chi connectivity index (χ4v) is 3.74. The quantitative estimate of drug-likeness (QED) is 0.688. The molecule has 1 atom stereocenters. The first kappa shape index (κ1) is 19.5. The number of hydrogen-bond acceptors (Lipinski definition) is 3. The fourth-order valence-electron chi connectivity index (χ4n) is 3.55. The Hall–Kier alpha value is -2.83. The summed E-state index contributed by atoms with van der Waals surface area (Å²) in [6, 6.07) is 9.63. The van der Waals surface area contributed by atoms with Crippen LogP contribution < -0.4 is 4.90 Å². The van der Waals surface area contributed by atoms with Gasteiger partial charge in [0.15, 0.2) is 0 Å². The molecule has 0 fully saturated rings. The van der Waals surface area contributed by atoms with Crippen LogP contribution in [0, 0.1) is 11.6 Å². The normalized spacial score (nSPS) is 15.8. The predicted octanol–water partition coefficient (Wildman–Crippen LogP) is 4.47. The van der Waals surface area contributed by atoms with Crippen LogP contribution >= 0.6 is 11.6 Å². The number of anilines is 1. The lowest BCUT2D eigenvalue weighted by atomic mass is 9.88. The van der Waals surface area contributed by atoms with E-state index in [4.69, 9.17) is 11.6 Å². The molecule has 29 heavy (non-hydrogen) atoms. The lowest BCUT2D eigenvalue weighted by Gasteiger charge is -2.30. The minimum atomic E-state index is -1.70. The highest BCUT2D eigenvalue weighted by Gasteiger charge is 2.30. The van der Waals surface area contributed by atoms with E-state index in [0.29, 0.717) is 34.8 Å². The van der Waals surface area contributed by atoms with Gasteiger partial charge in [0.1, 0.15) is 17.2 Å². The maximum atomic E-state index is 13.6. The second kappa shape index (κ2) is 7.21. The monoisotopic (exact) mass is 414 g/mol. The average Bonchev–Trinajstić information content (AvgIpc) is 2.67. The smallest absolute Gasteiger partial charge is 0.258 e. The predicted molar refractivity (Wildman–Crippen MR) is 106 cm³/mol. The zero-order chi connectivity index (χ0) is 20.8. The topological polar surface area (TPSA) is 53.4 Å². The minimum absolute atomic E-state index is 0.0545. The summed E-state index contributed by atoms with van der Waals surface area (Å²) < 4.78 is 27.3. The van der Waals surface area contributed by atoms with Gasteiger partial charge in [0.05, 0.1) is 11.9 Å². The zero-order valence-corrected chi connectivity index (χ0v) is 16.3. The second-order valence-corrected chi connectivity index (χ2v) is 7.61. The molecule has 0 bridgehead atoms. The highest BCUT2D eigenvalue weighted by atomic mass is 35.5. The Kier molecular flexibility index (Phi) is 4.84. The van der Waals surface area contributed by atoms with E-state index in [1.165, 1.54) is 19.3 Å². The van der Waals surface area contributed by atoms with Crippen LogP contribution in [0.3, 0.4) is 0 Å². The lowest BCUT2D eigenvalue weighted by Crippen LogP contribution is -2.38. The molecule has 148 valence electrons. The standard InChI is InChI=1S/C22H17ClF2N2O2/c1-22(29,14-7-17(24)10-18(25)8-14)15-9-19(12-26-11-15)27-5-4-13-6-16(23)2-3-20(13)21(27)28/h2-3,6-12,29H,4-5H2,1H3. The molecule has 3 aromatic rings. The van der Waals surface area contributed by atoms with Gasteiger partial charge in [-0.2, -0.15) is 0 Å². The van der Waals surface area contributed by atoms with E-state index in [2.05, 4.69) is 4.98 Å². The number of hydrogen-bond donors (Lipinski definition) is 1. The Morgan fingerprint density at radius 1 is 1.07 bits per heavy atom. The largest absolute Gasteiger partial charge is 0.381 e. The molecule has 4 nitrogen and oxygen atoms in total. The van der Waals surface area contributed by atoms with Crippen molar-refractivity contribution in [1.29, 1.82) is 0 Å². The first-order valence-corrected chi connectivity index (χ1v) is 9.38. The Morgan fingerprint density at radius 2 is 1.79 bits per heavy atom. The summed E-state index contributed by atoms with van der Waals surface area (Å²) in [5.74, 6) is -1.77. The number of halogens is 3. The molecule has 4 rings (SSSR count). The first-order valence-electron chi connectivity index (χ1n) is 9.00. The Balaban J connectivity index is 1.70. The molecule has 1 unspecified atom stereocenters. The van der Waals surface area contributed by atoms with Crippen molar-refractivity contribution in [2.75, 3.05) is 11.4 Å². The summed E-state index contributed by atoms with van der Waals surface area (Å²) in [6.07, 6.45) is 3.55. The molecular weight excluding hydrogens is 398 g/mol. The van der Waals surface area contributed by atoms with Crippen molar-refractivity contribution in [3.05, 3.63) is 93.8 Å². The Morgan fingerprint density at radius 3 is 2.52 bits per heavy atom. The summed E-state index contributed by atoms with van der Waals surface area (Å²) >= 11 is 6.01. The number of carbonyl (C=O) groups is 1. The maximum absolute atomic E-state index is 13.6. The molecule has 2 aromatic carbocycles. The molecule has 7 heteroatoms. The summed E-state index contributed by atoms with van der Waals surface area (Å²) in [5, 5.41) is 11.6. The number of rotatable bonds is 3. The molecule has 0 spiro atoms. The van der Waals surface area contributed by atoms with Gasteiger partial charge in [0.2, 0.25) is 0 Å². The van der Waals surface area contributed by atoms with Crippen LogP contribution in [0.1, 0.15) is 34.0 Å². The number of nitrogens with zero attached hydrogens (tertiary/aromatic N) is 2. The van der Waals surface area contributed by atoms with E-state index in [0.717, 1.165) is 23.8 Å². The highest BCUT2D eigenvalue weighted by molar-refractivity contribution is 6.30. The van der Waals surface area contributed by atoms with Gasteiger partial charge in [0, 0.05) is 35.0 Å². The molecular formula is C22H17ClF2N2O2. The van der Waals surface area contributed by atoms with E-state index in [1.54, 1.807) is 29.2 Å². The van der Waals surface area contributed by atoms with Crippen LogP contribution in [0.25, 0.3) is 0 Å². The molecule has 1 aliphatic rings. The molecule has 0 aliphatic carbocycles. The molecule has 0 saturated carbocycles. The van der Waals surface area contributed by atoms with Gasteiger partial charge in [0.25, 0.3) is 5.91 Å². The van der Waals surface area contributed by atoms with E-state index in [1.807, 2.05) is 0 Å². The van der Waals surface area contributed by atoms with Gasteiger partial charge in [-0.25, -0.2) is 8.78 Å². The third-order valence-corrected chi connectivity index (χ3v) is 5.40. The molecule has 2 heterocycles. The van der Waals surface area contributed by atoms with E-state index in [-0.39, 0.29) is 11.5 Å². The average molecular weight is 415 g/mol. The highest BCUT2D eigenvalue weighted by Crippen LogP contribution is 2.33. The van der Waals surface area contributed by atoms with Crippen LogP contribution in [0.2, 0.25) is 5.02 Å². The third-order valence-electron chi connectivity index (χ3n) is 5.17. The molecule has 1 aromatic heterocycles. The van der Waals surface area contributed by atoms with Crippen LogP contribution in [-0.2, 0) is 12.0 Å². The number of pyridine rings is 1. The van der Waals surface area contributed by atoms with Gasteiger partial charge < -0.3 is 10.0 Å². The summed E-state index contributed by atoms with van der Waals surface area (Å²) in [7, 11) is 0. The maximum Gasteiger partial charge on any atom is 0.258 e. The second-order valence-electron chi connectivity index (χ2n) is 7.17. The summed E-state index contributed by atoms with van der Waals surface area (Å²) in [4.78, 5) is 18.6. The first-order chi connectivity index (χ1) is 13.8. The van der Waals surface area contributed by atoms with Crippen LogP contribution in [-0.4, -0.2) is 22.5 Å². The third kappa shape index (κ3) is 3.61. The molecule has 1 N–H and O–H groups in total. The number of aromatic nitrogens is 1. The minimum Gasteiger partial charge on any atom is -0.381 e. The molecule has 0 radical (unpaired) electrons. The van der Waals surface area contributed by atoms with E-state index < -0.39 is 17.2 Å². The van der Waals surface area contributed by atoms with Crippen molar-refractivity contribution < 1.29 is 18.7 Å². The summed E-state index contributed by atoms with van der Waals surface area (Å²) in [5.41, 5.74) is 0.602. The van der Waals surface area contributed by atoms with Crippen molar-refractivity contribution in [1.82, 2.24) is 4.98 Å². The van der Waals surface area contributed by atoms with Crippen molar-refractivity contribution in [2.45, 2.75) is 18.9 Å². The van der Waals surface area contributed by atoms with E-state index in [9.17, 15) is 18.7 Å². The van der Waals surface area contributed by atoms with E-state index >= 15 is 0 Å². The SMILES string of the molecule is CC(O)(c1cc(F)cc(F)c1)c1cncc(N2CCc3cc(Cl)ccc3C2=O)c1. The number of amides is 1. The fraction of sp³-hybridized carbons (Fsp3) is 0.182. The van der Waals surface area contributed by atoms with Gasteiger partial charge in [-0.15, -0.1) is 0 Å². The lowest BCUT2D eigenvalue weighted by molar-refractivity contribution is 0.0974. The van der Waals surface area contributed by atoms with Crippen molar-refractivity contribution in [3.63, 3.8) is 0 Å². The molecule has 1 aliphatic heterocycles. The molecule has 0 saturated heterocycles. The number of fused-ring (bicyclic) bond motifs is 1. The van der Waals surface area contributed by atoms with Gasteiger partial charge in [-0.1, -0.05) is 11.6 Å². The van der Waals surface area contributed by atoms with Crippen molar-refractivity contribution >= 4 is 23.2 Å². The summed E-state index contributed by atoms with van der Waals surface area (Å²) in [6.45, 7) is 1.85. The number of benzene rings is 2. The van der Waals surface area contributed by atoms with Crippen LogP contribution in [0.15, 0.2) is 54.9 Å². The van der Waals surface area contributed by atoms with Crippen LogP contribution in [0.4, 0.5) is 14.5 Å². The van der Waals surface area contributed by atoms with Gasteiger partial charge in [-0.3, -0.25) is 9.78 Å². The van der Waals surface area contributed by atoms with Crippen molar-refractivity contribution in [3.8, 4) is 0 Å². The molecule has 1 amide bonds. The van der Waals surface area contributed by atoms with Gasteiger partial charge >= 0.3 is 0 Å². The Bertz CT molecular complexity index is 1100. The van der Waals surface area contributed by atoms with Crippen LogP contribution in [0.5, 0.6) is 0 Å². The van der Waals surface area contributed by atoms with Crippen molar-refractivity contribution in [2.24, 2.45) is 0 Å².